The Labute approximate surface area is 114 Å². The van der Waals surface area contributed by atoms with E-state index in [-0.39, 0.29) is 18.5 Å². The molecule has 1 N–H and O–H groups in total. The highest BCUT2D eigenvalue weighted by Gasteiger charge is 2.30. The van der Waals surface area contributed by atoms with Crippen LogP contribution in [0.4, 0.5) is 4.79 Å². The van der Waals surface area contributed by atoms with Gasteiger partial charge in [0.25, 0.3) is 0 Å². The summed E-state index contributed by atoms with van der Waals surface area (Å²) in [6.45, 7) is 9.45. The van der Waals surface area contributed by atoms with Gasteiger partial charge < -0.3 is 14.9 Å². The van der Waals surface area contributed by atoms with Crippen molar-refractivity contribution in [1.82, 2.24) is 9.80 Å². The van der Waals surface area contributed by atoms with Crippen molar-refractivity contribution in [3.8, 4) is 0 Å². The fourth-order valence-electron chi connectivity index (χ4n) is 2.49. The van der Waals surface area contributed by atoms with E-state index >= 15 is 0 Å². The smallest absolute Gasteiger partial charge is 0.320 e. The van der Waals surface area contributed by atoms with Gasteiger partial charge in [0.1, 0.15) is 0 Å². The highest BCUT2D eigenvalue weighted by atomic mass is 16.4. The summed E-state index contributed by atoms with van der Waals surface area (Å²) in [5.74, 6) is -0.840. The third-order valence-electron chi connectivity index (χ3n) is 3.40. The molecule has 1 aliphatic heterocycles. The molecule has 1 heterocycles. The molecule has 0 aliphatic carbocycles. The SMILES string of the molecule is C=C(C)CN(CC)C(=O)N1CCCCC1CC(=O)O. The number of carbonyl (C=O) groups is 2. The molecule has 0 radical (unpaired) electrons. The number of nitrogens with zero attached hydrogens (tertiary/aromatic N) is 2. The number of hydrogen-bond acceptors (Lipinski definition) is 2. The van der Waals surface area contributed by atoms with Crippen LogP contribution < -0.4 is 0 Å². The third-order valence-corrected chi connectivity index (χ3v) is 3.40. The van der Waals surface area contributed by atoms with Crippen LogP contribution in [0.1, 0.15) is 39.5 Å². The van der Waals surface area contributed by atoms with Crippen LogP contribution in [-0.2, 0) is 4.79 Å². The molecule has 0 bridgehead atoms. The minimum absolute atomic E-state index is 0.0381. The second kappa shape index (κ2) is 7.16. The molecule has 0 aromatic heterocycles. The van der Waals surface area contributed by atoms with Gasteiger partial charge in [-0.05, 0) is 33.1 Å². The molecule has 1 unspecified atom stereocenters. The largest absolute Gasteiger partial charge is 0.481 e. The highest BCUT2D eigenvalue weighted by Crippen LogP contribution is 2.21. The monoisotopic (exact) mass is 268 g/mol. The number of carbonyl (C=O) groups excluding carboxylic acids is 1. The number of amides is 2. The van der Waals surface area contributed by atoms with Crippen LogP contribution in [0.3, 0.4) is 0 Å². The van der Waals surface area contributed by atoms with Gasteiger partial charge in [-0.2, -0.15) is 0 Å². The van der Waals surface area contributed by atoms with Gasteiger partial charge in [0.05, 0.1) is 6.42 Å². The zero-order valence-electron chi connectivity index (χ0n) is 11.9. The quantitative estimate of drug-likeness (QED) is 0.778. The van der Waals surface area contributed by atoms with E-state index < -0.39 is 5.97 Å². The molecule has 0 saturated carbocycles. The molecule has 19 heavy (non-hydrogen) atoms. The molecule has 5 nitrogen and oxygen atoms in total. The van der Waals surface area contributed by atoms with Crippen LogP contribution in [0.25, 0.3) is 0 Å². The Kier molecular flexibility index (Phi) is 5.86. The first-order valence-electron chi connectivity index (χ1n) is 6.87. The molecule has 1 aliphatic rings. The maximum atomic E-state index is 12.5. The number of rotatable bonds is 5. The number of likely N-dealkylation sites (tertiary alicyclic amines) is 1. The van der Waals surface area contributed by atoms with Crippen LogP contribution in [-0.4, -0.2) is 52.6 Å². The lowest BCUT2D eigenvalue weighted by Gasteiger charge is -2.38. The van der Waals surface area contributed by atoms with E-state index in [0.29, 0.717) is 19.6 Å². The summed E-state index contributed by atoms with van der Waals surface area (Å²) in [6.07, 6.45) is 2.76. The van der Waals surface area contributed by atoms with Crippen LogP contribution in [0.15, 0.2) is 12.2 Å². The number of piperidine rings is 1. The van der Waals surface area contributed by atoms with Crippen LogP contribution in [0, 0.1) is 0 Å². The zero-order chi connectivity index (χ0) is 14.4. The average molecular weight is 268 g/mol. The topological polar surface area (TPSA) is 60.9 Å². The minimum Gasteiger partial charge on any atom is -0.481 e. The normalized spacial score (nSPS) is 19.1. The Hall–Kier alpha value is -1.52. The van der Waals surface area contributed by atoms with Crippen LogP contribution in [0.5, 0.6) is 0 Å². The van der Waals surface area contributed by atoms with E-state index in [2.05, 4.69) is 6.58 Å². The van der Waals surface area contributed by atoms with Crippen molar-refractivity contribution in [3.63, 3.8) is 0 Å². The Morgan fingerprint density at radius 2 is 2.11 bits per heavy atom. The van der Waals surface area contributed by atoms with E-state index in [1.54, 1.807) is 9.80 Å². The highest BCUT2D eigenvalue weighted by molar-refractivity contribution is 5.76. The summed E-state index contributed by atoms with van der Waals surface area (Å²) in [4.78, 5) is 26.8. The molecule has 1 saturated heterocycles. The minimum atomic E-state index is -0.840. The molecule has 108 valence electrons. The first-order valence-corrected chi connectivity index (χ1v) is 6.87. The first kappa shape index (κ1) is 15.5. The first-order chi connectivity index (χ1) is 8.95. The zero-order valence-corrected chi connectivity index (χ0v) is 11.9. The lowest BCUT2D eigenvalue weighted by Crippen LogP contribution is -2.51. The fraction of sp³-hybridized carbons (Fsp3) is 0.714. The molecular formula is C14H24N2O3. The predicted octanol–water partition coefficient (Wildman–Crippen LogP) is 2.33. The molecule has 0 aromatic carbocycles. The van der Waals surface area contributed by atoms with Crippen molar-refractivity contribution in [3.05, 3.63) is 12.2 Å². The number of urea groups is 1. The molecule has 2 amide bonds. The molecule has 1 atom stereocenters. The number of carboxylic acids is 1. The Bertz CT molecular complexity index is 355. The van der Waals surface area contributed by atoms with Crippen molar-refractivity contribution >= 4 is 12.0 Å². The number of likely N-dealkylation sites (N-methyl/N-ethyl adjacent to an activating group) is 1. The number of hydrogen-bond donors (Lipinski definition) is 1. The van der Waals surface area contributed by atoms with Gasteiger partial charge in [0.15, 0.2) is 0 Å². The van der Waals surface area contributed by atoms with Gasteiger partial charge >= 0.3 is 12.0 Å². The third kappa shape index (κ3) is 4.58. The fourth-order valence-corrected chi connectivity index (χ4v) is 2.49. The second-order valence-corrected chi connectivity index (χ2v) is 5.19. The maximum absolute atomic E-state index is 12.5. The van der Waals surface area contributed by atoms with E-state index in [4.69, 9.17) is 5.11 Å². The van der Waals surface area contributed by atoms with Gasteiger partial charge in [0.2, 0.25) is 0 Å². The summed E-state index contributed by atoms with van der Waals surface area (Å²) in [7, 11) is 0. The van der Waals surface area contributed by atoms with Crippen molar-refractivity contribution in [2.45, 2.75) is 45.6 Å². The van der Waals surface area contributed by atoms with Gasteiger partial charge in [0, 0.05) is 25.7 Å². The molecule has 0 spiro atoms. The van der Waals surface area contributed by atoms with E-state index in [1.165, 1.54) is 0 Å². The summed E-state index contributed by atoms with van der Waals surface area (Å²) in [6, 6.07) is -0.227. The Morgan fingerprint density at radius 1 is 1.42 bits per heavy atom. The van der Waals surface area contributed by atoms with Gasteiger partial charge in [-0.3, -0.25) is 4.79 Å². The van der Waals surface area contributed by atoms with Gasteiger partial charge in [-0.25, -0.2) is 4.79 Å². The number of carboxylic acid groups (broad SMARTS) is 1. The summed E-state index contributed by atoms with van der Waals surface area (Å²) < 4.78 is 0. The summed E-state index contributed by atoms with van der Waals surface area (Å²) >= 11 is 0. The molecule has 0 aromatic rings. The predicted molar refractivity (Wildman–Crippen MR) is 74.1 cm³/mol. The summed E-state index contributed by atoms with van der Waals surface area (Å²) in [5, 5.41) is 8.94. The van der Waals surface area contributed by atoms with Gasteiger partial charge in [-0.15, -0.1) is 0 Å². The Morgan fingerprint density at radius 3 is 2.63 bits per heavy atom. The molecule has 1 fully saturated rings. The lowest BCUT2D eigenvalue weighted by molar-refractivity contribution is -0.138. The Balaban J connectivity index is 2.74. The standard InChI is InChI=1S/C14H24N2O3/c1-4-15(10-11(2)3)14(19)16-8-6-5-7-12(16)9-13(17)18/h12H,2,4-10H2,1,3H3,(H,17,18). The molecule has 1 rings (SSSR count). The van der Waals surface area contributed by atoms with E-state index in [0.717, 1.165) is 24.8 Å². The maximum Gasteiger partial charge on any atom is 0.320 e. The summed E-state index contributed by atoms with van der Waals surface area (Å²) in [5.41, 5.74) is 0.932. The van der Waals surface area contributed by atoms with Crippen molar-refractivity contribution in [1.29, 1.82) is 0 Å². The second-order valence-electron chi connectivity index (χ2n) is 5.19. The van der Waals surface area contributed by atoms with E-state index in [1.807, 2.05) is 13.8 Å². The average Bonchev–Trinajstić information content (AvgIpc) is 2.35. The number of aliphatic carboxylic acids is 1. The molecular weight excluding hydrogens is 244 g/mol. The van der Waals surface area contributed by atoms with Crippen molar-refractivity contribution in [2.75, 3.05) is 19.6 Å². The van der Waals surface area contributed by atoms with Crippen LogP contribution in [0.2, 0.25) is 0 Å². The van der Waals surface area contributed by atoms with Crippen molar-refractivity contribution < 1.29 is 14.7 Å². The van der Waals surface area contributed by atoms with Gasteiger partial charge in [-0.1, -0.05) is 12.2 Å². The molecule has 5 heteroatoms. The van der Waals surface area contributed by atoms with E-state index in [9.17, 15) is 9.59 Å². The van der Waals surface area contributed by atoms with Crippen LogP contribution >= 0.6 is 0 Å². The van der Waals surface area contributed by atoms with Crippen molar-refractivity contribution in [2.24, 2.45) is 0 Å². The lowest BCUT2D eigenvalue weighted by atomic mass is 10.00.